The maximum Gasteiger partial charge on any atom is 0.246 e. The number of piperazine rings is 1. The minimum atomic E-state index is -0.753. The summed E-state index contributed by atoms with van der Waals surface area (Å²) in [5.41, 5.74) is -1.02. The van der Waals surface area contributed by atoms with Crippen LogP contribution in [-0.2, 0) is 9.59 Å². The lowest BCUT2D eigenvalue weighted by molar-refractivity contribution is -0.158. The lowest BCUT2D eigenvalue weighted by Crippen LogP contribution is -2.70. The lowest BCUT2D eigenvalue weighted by atomic mass is 9.82. The number of nitrogens with zero attached hydrogens (tertiary/aromatic N) is 1. The number of carbonyl (C=O) groups excluding carboxylic acids is 2. The van der Waals surface area contributed by atoms with E-state index in [1.165, 1.54) is 0 Å². The van der Waals surface area contributed by atoms with Crippen LogP contribution in [0.4, 0.5) is 0 Å². The molecule has 2 amide bonds. The molecular formula is C14H26N2O2S. The Hall–Kier alpha value is -0.710. The molecule has 0 aromatic rings. The molecule has 1 fully saturated rings. The quantitative estimate of drug-likeness (QED) is 0.803. The summed E-state index contributed by atoms with van der Waals surface area (Å²) in [7, 11) is 0. The number of thioether (sulfide) groups is 1. The maximum absolute atomic E-state index is 12.6. The molecule has 0 bridgehead atoms. The number of carbonyl (C=O) groups is 2. The van der Waals surface area contributed by atoms with Gasteiger partial charge in [0.1, 0.15) is 11.6 Å². The Morgan fingerprint density at radius 2 is 1.89 bits per heavy atom. The summed E-state index contributed by atoms with van der Waals surface area (Å²) in [4.78, 5) is 26.6. The summed E-state index contributed by atoms with van der Waals surface area (Å²) in [5, 5.41) is 2.88. The van der Waals surface area contributed by atoms with Crippen molar-refractivity contribution in [3.05, 3.63) is 0 Å². The fourth-order valence-corrected chi connectivity index (χ4v) is 2.68. The summed E-state index contributed by atoms with van der Waals surface area (Å²) in [6, 6.07) is -0.428. The second kappa shape index (κ2) is 5.73. The Morgan fingerprint density at radius 3 is 2.37 bits per heavy atom. The molecule has 0 aliphatic carbocycles. The molecule has 1 atom stereocenters. The minimum Gasteiger partial charge on any atom is -0.342 e. The maximum atomic E-state index is 12.6. The molecule has 19 heavy (non-hydrogen) atoms. The number of hydrogen-bond acceptors (Lipinski definition) is 3. The van der Waals surface area contributed by atoms with Crippen molar-refractivity contribution in [1.82, 2.24) is 10.2 Å². The molecule has 1 aliphatic heterocycles. The number of amides is 2. The summed E-state index contributed by atoms with van der Waals surface area (Å²) in [6.07, 6.45) is 2.97. The normalized spacial score (nSPS) is 23.5. The van der Waals surface area contributed by atoms with Crippen molar-refractivity contribution >= 4 is 23.6 Å². The second-order valence-corrected chi connectivity index (χ2v) is 7.65. The van der Waals surface area contributed by atoms with Crippen molar-refractivity contribution in [2.75, 3.05) is 18.6 Å². The van der Waals surface area contributed by atoms with Gasteiger partial charge in [-0.1, -0.05) is 20.8 Å². The molecule has 1 aliphatic rings. The van der Waals surface area contributed by atoms with Crippen LogP contribution in [-0.4, -0.2) is 46.8 Å². The van der Waals surface area contributed by atoms with E-state index in [1.807, 2.05) is 40.9 Å². The van der Waals surface area contributed by atoms with Gasteiger partial charge in [0.2, 0.25) is 11.8 Å². The van der Waals surface area contributed by atoms with Gasteiger partial charge in [-0.05, 0) is 37.7 Å². The van der Waals surface area contributed by atoms with Crippen LogP contribution in [0.1, 0.15) is 41.0 Å². The smallest absolute Gasteiger partial charge is 0.246 e. The highest BCUT2D eigenvalue weighted by atomic mass is 32.2. The number of nitrogens with one attached hydrogen (secondary N) is 1. The molecule has 1 saturated heterocycles. The molecule has 0 saturated carbocycles. The summed E-state index contributed by atoms with van der Waals surface area (Å²) < 4.78 is 0. The molecule has 4 nitrogen and oxygen atoms in total. The Bertz CT molecular complexity index is 361. The van der Waals surface area contributed by atoms with Crippen LogP contribution in [0.3, 0.4) is 0 Å². The topological polar surface area (TPSA) is 49.4 Å². The first-order chi connectivity index (χ1) is 8.62. The first kappa shape index (κ1) is 16.3. The second-order valence-electron chi connectivity index (χ2n) is 6.67. The van der Waals surface area contributed by atoms with Gasteiger partial charge in [-0.15, -0.1) is 0 Å². The van der Waals surface area contributed by atoms with Crippen molar-refractivity contribution in [2.24, 2.45) is 5.41 Å². The fraction of sp³-hybridized carbons (Fsp3) is 0.857. The van der Waals surface area contributed by atoms with Gasteiger partial charge >= 0.3 is 0 Å². The van der Waals surface area contributed by atoms with E-state index in [2.05, 4.69) is 5.32 Å². The standard InChI is InChI=1S/C14H26N2O2S/c1-13(2,3)10-11(17)16(8-7-9-19-6)14(4,5)12(18)15-10/h10H,7-9H2,1-6H3,(H,15,18). The van der Waals surface area contributed by atoms with Gasteiger partial charge in [-0.25, -0.2) is 0 Å². The van der Waals surface area contributed by atoms with Crippen LogP contribution in [0.2, 0.25) is 0 Å². The minimum absolute atomic E-state index is 0.0400. The van der Waals surface area contributed by atoms with Crippen molar-refractivity contribution in [3.63, 3.8) is 0 Å². The Kier molecular flexibility index (Phi) is 4.93. The van der Waals surface area contributed by atoms with Crippen LogP contribution in [0.5, 0.6) is 0 Å². The first-order valence-electron chi connectivity index (χ1n) is 6.73. The van der Waals surface area contributed by atoms with Crippen LogP contribution < -0.4 is 5.32 Å². The van der Waals surface area contributed by atoms with Crippen molar-refractivity contribution < 1.29 is 9.59 Å². The zero-order valence-electron chi connectivity index (χ0n) is 12.9. The third-order valence-electron chi connectivity index (χ3n) is 3.62. The van der Waals surface area contributed by atoms with E-state index in [4.69, 9.17) is 0 Å². The van der Waals surface area contributed by atoms with E-state index in [0.29, 0.717) is 6.54 Å². The average Bonchev–Trinajstić information content (AvgIpc) is 2.27. The zero-order valence-corrected chi connectivity index (χ0v) is 13.7. The highest BCUT2D eigenvalue weighted by Crippen LogP contribution is 2.29. The Morgan fingerprint density at radius 1 is 1.32 bits per heavy atom. The highest BCUT2D eigenvalue weighted by molar-refractivity contribution is 7.98. The van der Waals surface area contributed by atoms with Gasteiger partial charge in [0, 0.05) is 6.54 Å². The van der Waals surface area contributed by atoms with E-state index in [0.717, 1.165) is 12.2 Å². The van der Waals surface area contributed by atoms with E-state index >= 15 is 0 Å². The molecule has 0 aromatic carbocycles. The van der Waals surface area contributed by atoms with Crippen LogP contribution in [0.25, 0.3) is 0 Å². The van der Waals surface area contributed by atoms with Crippen molar-refractivity contribution in [3.8, 4) is 0 Å². The van der Waals surface area contributed by atoms with Crippen molar-refractivity contribution in [2.45, 2.75) is 52.6 Å². The van der Waals surface area contributed by atoms with Crippen LogP contribution >= 0.6 is 11.8 Å². The SMILES string of the molecule is CSCCCN1C(=O)C(C(C)(C)C)NC(=O)C1(C)C. The molecule has 0 radical (unpaired) electrons. The van der Waals surface area contributed by atoms with Gasteiger partial charge in [0.15, 0.2) is 0 Å². The Labute approximate surface area is 120 Å². The molecule has 1 unspecified atom stereocenters. The van der Waals surface area contributed by atoms with E-state index in [1.54, 1.807) is 16.7 Å². The molecule has 0 aromatic heterocycles. The first-order valence-corrected chi connectivity index (χ1v) is 8.13. The Balaban J connectivity index is 2.94. The molecule has 5 heteroatoms. The lowest BCUT2D eigenvalue weighted by Gasteiger charge is -2.47. The largest absolute Gasteiger partial charge is 0.342 e. The van der Waals surface area contributed by atoms with Gasteiger partial charge in [-0.2, -0.15) is 11.8 Å². The third-order valence-corrected chi connectivity index (χ3v) is 4.31. The molecule has 110 valence electrons. The summed E-state index contributed by atoms with van der Waals surface area (Å²) in [5.74, 6) is 0.983. The van der Waals surface area contributed by atoms with Crippen LogP contribution in [0.15, 0.2) is 0 Å². The van der Waals surface area contributed by atoms with E-state index in [-0.39, 0.29) is 17.2 Å². The van der Waals surface area contributed by atoms with E-state index < -0.39 is 11.6 Å². The van der Waals surface area contributed by atoms with E-state index in [9.17, 15) is 9.59 Å². The third kappa shape index (κ3) is 3.44. The number of rotatable bonds is 4. The predicted molar refractivity (Wildman–Crippen MR) is 80.2 cm³/mol. The average molecular weight is 286 g/mol. The van der Waals surface area contributed by atoms with Gasteiger partial charge in [0.25, 0.3) is 0 Å². The molecular weight excluding hydrogens is 260 g/mol. The predicted octanol–water partition coefficient (Wildman–Crippen LogP) is 1.89. The van der Waals surface area contributed by atoms with Gasteiger partial charge in [0.05, 0.1) is 0 Å². The molecule has 0 spiro atoms. The monoisotopic (exact) mass is 286 g/mol. The summed E-state index contributed by atoms with van der Waals surface area (Å²) in [6.45, 7) is 10.2. The van der Waals surface area contributed by atoms with Crippen molar-refractivity contribution in [1.29, 1.82) is 0 Å². The van der Waals surface area contributed by atoms with Gasteiger partial charge < -0.3 is 10.2 Å². The number of hydrogen-bond donors (Lipinski definition) is 1. The molecule has 1 N–H and O–H groups in total. The summed E-state index contributed by atoms with van der Waals surface area (Å²) >= 11 is 1.76. The molecule has 1 heterocycles. The fourth-order valence-electron chi connectivity index (χ4n) is 2.27. The van der Waals surface area contributed by atoms with Gasteiger partial charge in [-0.3, -0.25) is 9.59 Å². The zero-order chi connectivity index (χ0) is 14.8. The highest BCUT2D eigenvalue weighted by Gasteiger charge is 2.49. The molecule has 1 rings (SSSR count). The van der Waals surface area contributed by atoms with Crippen LogP contribution in [0, 0.1) is 5.41 Å².